The smallest absolute Gasteiger partial charge is 0.0802 e. The van der Waals surface area contributed by atoms with Crippen LogP contribution in [0.1, 0.15) is 51.7 Å². The Morgan fingerprint density at radius 3 is 2.94 bits per heavy atom. The van der Waals surface area contributed by atoms with E-state index in [1.54, 1.807) is 0 Å². The van der Waals surface area contributed by atoms with Crippen molar-refractivity contribution >= 4 is 0 Å². The van der Waals surface area contributed by atoms with E-state index in [0.29, 0.717) is 6.10 Å². The summed E-state index contributed by atoms with van der Waals surface area (Å²) in [6.45, 7) is 7.17. The van der Waals surface area contributed by atoms with E-state index in [4.69, 9.17) is 4.74 Å². The van der Waals surface area contributed by atoms with Crippen molar-refractivity contribution in [1.82, 2.24) is 4.57 Å². The Morgan fingerprint density at radius 2 is 2.35 bits per heavy atom. The second kappa shape index (κ2) is 4.83. The fourth-order valence-corrected chi connectivity index (χ4v) is 2.45. The molecule has 0 spiro atoms. The van der Waals surface area contributed by atoms with Gasteiger partial charge in [-0.05, 0) is 44.7 Å². The maximum Gasteiger partial charge on any atom is 0.0802 e. The van der Waals surface area contributed by atoms with Gasteiger partial charge < -0.3 is 14.4 Å². The number of nitrogens with zero attached hydrogens (tertiary/aromatic N) is 1. The fraction of sp³-hybridized carbons (Fsp3) is 0.714. The highest BCUT2D eigenvalue weighted by molar-refractivity contribution is 5.13. The average Bonchev–Trinajstić information content (AvgIpc) is 2.85. The monoisotopic (exact) mass is 237 g/mol. The summed E-state index contributed by atoms with van der Waals surface area (Å²) in [7, 11) is 0. The van der Waals surface area contributed by atoms with Crippen LogP contribution in [0.15, 0.2) is 18.5 Å². The van der Waals surface area contributed by atoms with Gasteiger partial charge in [0.25, 0.3) is 0 Å². The third kappa shape index (κ3) is 3.11. The topological polar surface area (TPSA) is 34.4 Å². The van der Waals surface area contributed by atoms with Gasteiger partial charge in [-0.15, -0.1) is 0 Å². The number of hydrogen-bond donors (Lipinski definition) is 1. The lowest BCUT2D eigenvalue weighted by atomic mass is 10.1. The lowest BCUT2D eigenvalue weighted by Gasteiger charge is -2.19. The highest BCUT2D eigenvalue weighted by atomic mass is 16.5. The van der Waals surface area contributed by atoms with Crippen LogP contribution in [-0.4, -0.2) is 21.4 Å². The largest absolute Gasteiger partial charge is 0.388 e. The molecule has 3 nitrogen and oxygen atoms in total. The van der Waals surface area contributed by atoms with E-state index in [9.17, 15) is 5.11 Å². The summed E-state index contributed by atoms with van der Waals surface area (Å²) in [6, 6.07) is 1.99. The highest BCUT2D eigenvalue weighted by Gasteiger charge is 2.31. The summed E-state index contributed by atoms with van der Waals surface area (Å²) in [6.07, 6.45) is 7.05. The van der Waals surface area contributed by atoms with Crippen molar-refractivity contribution in [2.45, 2.75) is 64.4 Å². The molecule has 1 saturated heterocycles. The molecule has 1 aliphatic rings. The third-order valence-electron chi connectivity index (χ3n) is 3.51. The summed E-state index contributed by atoms with van der Waals surface area (Å²) in [5.41, 5.74) is 1.04. The highest BCUT2D eigenvalue weighted by Crippen LogP contribution is 2.30. The Morgan fingerprint density at radius 1 is 1.59 bits per heavy atom. The minimum Gasteiger partial charge on any atom is -0.388 e. The molecule has 2 atom stereocenters. The number of rotatable bonds is 4. The molecule has 2 rings (SSSR count). The summed E-state index contributed by atoms with van der Waals surface area (Å²) >= 11 is 0. The lowest BCUT2D eigenvalue weighted by Crippen LogP contribution is -2.22. The molecule has 17 heavy (non-hydrogen) atoms. The van der Waals surface area contributed by atoms with Crippen LogP contribution in [0.4, 0.5) is 0 Å². The average molecular weight is 237 g/mol. The number of hydrogen-bond acceptors (Lipinski definition) is 2. The minimum atomic E-state index is -0.336. The van der Waals surface area contributed by atoms with Gasteiger partial charge in [0.05, 0.1) is 17.8 Å². The molecule has 0 radical (unpaired) electrons. The molecule has 1 N–H and O–H groups in total. The van der Waals surface area contributed by atoms with E-state index in [1.165, 1.54) is 0 Å². The third-order valence-corrected chi connectivity index (χ3v) is 3.51. The van der Waals surface area contributed by atoms with Crippen LogP contribution < -0.4 is 0 Å². The minimum absolute atomic E-state index is 0.0313. The van der Waals surface area contributed by atoms with E-state index < -0.39 is 0 Å². The first kappa shape index (κ1) is 12.7. The second-order valence-electron chi connectivity index (χ2n) is 5.60. The van der Waals surface area contributed by atoms with E-state index in [2.05, 4.69) is 18.4 Å². The number of aromatic nitrogens is 1. The predicted molar refractivity (Wildman–Crippen MR) is 67.9 cm³/mol. The van der Waals surface area contributed by atoms with Gasteiger partial charge in [0, 0.05) is 18.9 Å². The molecule has 1 aromatic rings. The molecule has 2 unspecified atom stereocenters. The molecule has 96 valence electrons. The molecule has 0 aliphatic carbocycles. The van der Waals surface area contributed by atoms with Crippen molar-refractivity contribution in [3.8, 4) is 0 Å². The standard InChI is InChI=1S/C14H23NO2/c1-4-13(16)11-6-8-15(9-11)10-12-5-7-14(2,3)17-12/h6,8-9,12-13,16H,4-5,7,10H2,1-3H3. The zero-order chi connectivity index (χ0) is 12.5. The van der Waals surface area contributed by atoms with Crippen molar-refractivity contribution in [2.75, 3.05) is 0 Å². The zero-order valence-electron chi connectivity index (χ0n) is 11.0. The van der Waals surface area contributed by atoms with Gasteiger partial charge in [0.15, 0.2) is 0 Å². The van der Waals surface area contributed by atoms with Crippen LogP contribution in [0.3, 0.4) is 0 Å². The molecular weight excluding hydrogens is 214 g/mol. The van der Waals surface area contributed by atoms with E-state index in [-0.39, 0.29) is 11.7 Å². The molecule has 1 aromatic heterocycles. The summed E-state index contributed by atoms with van der Waals surface area (Å²) in [5.74, 6) is 0. The Kier molecular flexibility index (Phi) is 3.59. The maximum atomic E-state index is 9.74. The predicted octanol–water partition coefficient (Wildman–Crippen LogP) is 2.89. The van der Waals surface area contributed by atoms with Crippen molar-refractivity contribution in [3.05, 3.63) is 24.0 Å². The quantitative estimate of drug-likeness (QED) is 0.873. The second-order valence-corrected chi connectivity index (χ2v) is 5.60. The van der Waals surface area contributed by atoms with E-state index in [1.807, 2.05) is 25.4 Å². The van der Waals surface area contributed by atoms with Crippen LogP contribution in [0.5, 0.6) is 0 Å². The molecule has 0 amide bonds. The summed E-state index contributed by atoms with van der Waals surface area (Å²) in [5, 5.41) is 9.74. The van der Waals surface area contributed by atoms with Crippen molar-refractivity contribution < 1.29 is 9.84 Å². The van der Waals surface area contributed by atoms with Crippen molar-refractivity contribution in [3.63, 3.8) is 0 Å². The van der Waals surface area contributed by atoms with Crippen LogP contribution >= 0.6 is 0 Å². The van der Waals surface area contributed by atoms with Crippen LogP contribution in [0.25, 0.3) is 0 Å². The Labute approximate surface area is 103 Å². The van der Waals surface area contributed by atoms with Gasteiger partial charge >= 0.3 is 0 Å². The maximum absolute atomic E-state index is 9.74. The van der Waals surface area contributed by atoms with Gasteiger partial charge in [0.2, 0.25) is 0 Å². The molecule has 0 aromatic carbocycles. The molecule has 3 heteroatoms. The molecule has 0 bridgehead atoms. The number of ether oxygens (including phenoxy) is 1. The SMILES string of the molecule is CCC(O)c1ccn(CC2CCC(C)(C)O2)c1. The van der Waals surface area contributed by atoms with Crippen LogP contribution in [0.2, 0.25) is 0 Å². The van der Waals surface area contributed by atoms with E-state index >= 15 is 0 Å². The van der Waals surface area contributed by atoms with Gasteiger partial charge in [-0.25, -0.2) is 0 Å². The van der Waals surface area contributed by atoms with Gasteiger partial charge in [-0.2, -0.15) is 0 Å². The molecule has 1 aliphatic heterocycles. The molecule has 1 fully saturated rings. The lowest BCUT2D eigenvalue weighted by molar-refractivity contribution is -0.0216. The van der Waals surface area contributed by atoms with E-state index in [0.717, 1.165) is 31.4 Å². The van der Waals surface area contributed by atoms with Crippen molar-refractivity contribution in [2.24, 2.45) is 0 Å². The first-order chi connectivity index (χ1) is 8.00. The summed E-state index contributed by atoms with van der Waals surface area (Å²) in [4.78, 5) is 0. The molecular formula is C14H23NO2. The Bertz CT molecular complexity index is 370. The van der Waals surface area contributed by atoms with Gasteiger partial charge in [-0.3, -0.25) is 0 Å². The zero-order valence-corrected chi connectivity index (χ0v) is 11.0. The first-order valence-corrected chi connectivity index (χ1v) is 6.52. The number of aliphatic hydroxyl groups excluding tert-OH is 1. The fourth-order valence-electron chi connectivity index (χ4n) is 2.45. The van der Waals surface area contributed by atoms with Crippen LogP contribution in [-0.2, 0) is 11.3 Å². The van der Waals surface area contributed by atoms with Crippen LogP contribution in [0, 0.1) is 0 Å². The van der Waals surface area contributed by atoms with Gasteiger partial charge in [0.1, 0.15) is 0 Å². The Balaban J connectivity index is 1.94. The van der Waals surface area contributed by atoms with Gasteiger partial charge in [-0.1, -0.05) is 6.92 Å². The Hall–Kier alpha value is -0.800. The number of aliphatic hydroxyl groups is 1. The molecule has 0 saturated carbocycles. The normalized spacial score (nSPS) is 25.1. The molecule has 2 heterocycles. The first-order valence-electron chi connectivity index (χ1n) is 6.52. The van der Waals surface area contributed by atoms with Crippen molar-refractivity contribution in [1.29, 1.82) is 0 Å². The summed E-state index contributed by atoms with van der Waals surface area (Å²) < 4.78 is 8.09.